The van der Waals surface area contributed by atoms with Crippen LogP contribution in [0.5, 0.6) is 0 Å². The summed E-state index contributed by atoms with van der Waals surface area (Å²) in [5.74, 6) is 1.12. The van der Waals surface area contributed by atoms with Gasteiger partial charge >= 0.3 is 6.18 Å². The van der Waals surface area contributed by atoms with Crippen molar-refractivity contribution in [1.82, 2.24) is 24.4 Å². The van der Waals surface area contributed by atoms with Crippen LogP contribution in [-0.4, -0.2) is 43.6 Å². The summed E-state index contributed by atoms with van der Waals surface area (Å²) in [6.07, 6.45) is -0.779. The van der Waals surface area contributed by atoms with Crippen LogP contribution in [0.3, 0.4) is 0 Å². The van der Waals surface area contributed by atoms with Crippen molar-refractivity contribution in [3.05, 3.63) is 114 Å². The Morgan fingerprint density at radius 2 is 1.40 bits per heavy atom. The fraction of sp³-hybridized carbons (Fsp3) is 0.281. The third-order valence-corrected chi connectivity index (χ3v) is 7.57. The minimum Gasteiger partial charge on any atom is -0.364 e. The fourth-order valence-corrected chi connectivity index (χ4v) is 5.28. The van der Waals surface area contributed by atoms with E-state index in [9.17, 15) is 13.2 Å². The number of aromatic nitrogens is 4. The van der Waals surface area contributed by atoms with Crippen molar-refractivity contribution in [3.8, 4) is 0 Å². The summed E-state index contributed by atoms with van der Waals surface area (Å²) in [7, 11) is 0. The molecule has 1 aliphatic rings. The van der Waals surface area contributed by atoms with Crippen LogP contribution in [0.15, 0.2) is 91.3 Å². The summed E-state index contributed by atoms with van der Waals surface area (Å²) in [6, 6.07) is 25.9. The first kappa shape index (κ1) is 27.7. The Labute approximate surface area is 242 Å². The van der Waals surface area contributed by atoms with Crippen LogP contribution in [-0.2, 0) is 25.8 Å². The first-order valence-electron chi connectivity index (χ1n) is 14.1. The van der Waals surface area contributed by atoms with Gasteiger partial charge in [-0.05, 0) is 41.7 Å². The van der Waals surface area contributed by atoms with Crippen LogP contribution < -0.4 is 10.6 Å². The molecule has 0 unspecified atom stereocenters. The van der Waals surface area contributed by atoms with Gasteiger partial charge in [-0.15, -0.1) is 0 Å². The molecule has 5 aromatic rings. The van der Waals surface area contributed by atoms with Gasteiger partial charge in [-0.2, -0.15) is 23.1 Å². The Kier molecular flexibility index (Phi) is 8.05. The lowest BCUT2D eigenvalue weighted by molar-refractivity contribution is -0.137. The number of nitrogens with zero attached hydrogens (tertiary/aromatic N) is 5. The molecule has 3 heterocycles. The van der Waals surface area contributed by atoms with Gasteiger partial charge in [0.05, 0.1) is 18.4 Å². The van der Waals surface area contributed by atoms with Gasteiger partial charge in [0, 0.05) is 32.2 Å². The highest BCUT2D eigenvalue weighted by Crippen LogP contribution is 2.30. The van der Waals surface area contributed by atoms with Crippen molar-refractivity contribution in [2.75, 3.05) is 23.7 Å². The lowest BCUT2D eigenvalue weighted by atomic mass is 10.0. The van der Waals surface area contributed by atoms with Crippen LogP contribution in [0, 0.1) is 0 Å². The van der Waals surface area contributed by atoms with Gasteiger partial charge in [-0.3, -0.25) is 4.90 Å². The first-order valence-corrected chi connectivity index (χ1v) is 14.1. The van der Waals surface area contributed by atoms with Crippen LogP contribution in [0.2, 0.25) is 0 Å². The predicted octanol–water partition coefficient (Wildman–Crippen LogP) is 6.58. The molecule has 0 spiro atoms. The number of likely N-dealkylation sites (tertiary alicyclic amines) is 1. The highest BCUT2D eigenvalue weighted by atomic mass is 19.4. The average Bonchev–Trinajstić information content (AvgIpc) is 3.40. The molecule has 7 nitrogen and oxygen atoms in total. The molecule has 1 saturated heterocycles. The van der Waals surface area contributed by atoms with E-state index in [1.165, 1.54) is 17.7 Å². The maximum Gasteiger partial charge on any atom is 0.416 e. The van der Waals surface area contributed by atoms with E-state index >= 15 is 0 Å². The molecule has 10 heteroatoms. The lowest BCUT2D eigenvalue weighted by Gasteiger charge is -2.32. The number of imidazole rings is 1. The molecule has 216 valence electrons. The number of anilines is 2. The van der Waals surface area contributed by atoms with Gasteiger partial charge in [0.15, 0.2) is 17.0 Å². The van der Waals surface area contributed by atoms with Crippen LogP contribution >= 0.6 is 0 Å². The van der Waals surface area contributed by atoms with E-state index in [2.05, 4.69) is 44.8 Å². The molecule has 0 aliphatic carbocycles. The molecule has 42 heavy (non-hydrogen) atoms. The van der Waals surface area contributed by atoms with E-state index in [1.807, 2.05) is 41.0 Å². The first-order chi connectivity index (χ1) is 20.4. The number of hydrogen-bond donors (Lipinski definition) is 2. The number of nitrogens with one attached hydrogen (secondary N) is 2. The third kappa shape index (κ3) is 6.71. The second-order valence-corrected chi connectivity index (χ2v) is 10.7. The SMILES string of the molecule is FC(F)(F)c1ccc(Cn2cnc3c(NCc4ccccc4)nc(NC4CCN(Cc5ccccc5)CC4)nc32)cc1. The highest BCUT2D eigenvalue weighted by Gasteiger charge is 2.30. The monoisotopic (exact) mass is 571 g/mol. The molecule has 0 atom stereocenters. The van der Waals surface area contributed by atoms with E-state index in [4.69, 9.17) is 9.97 Å². The topological polar surface area (TPSA) is 70.9 Å². The highest BCUT2D eigenvalue weighted by molar-refractivity contribution is 5.84. The van der Waals surface area contributed by atoms with Gasteiger partial charge in [0.2, 0.25) is 5.95 Å². The summed E-state index contributed by atoms with van der Waals surface area (Å²) in [5.41, 5.74) is 3.70. The van der Waals surface area contributed by atoms with E-state index in [1.54, 1.807) is 6.33 Å². The number of piperidine rings is 1. The molecule has 0 saturated carbocycles. The normalized spacial score (nSPS) is 14.7. The summed E-state index contributed by atoms with van der Waals surface area (Å²) >= 11 is 0. The van der Waals surface area contributed by atoms with E-state index in [-0.39, 0.29) is 6.04 Å². The zero-order chi connectivity index (χ0) is 28.9. The lowest BCUT2D eigenvalue weighted by Crippen LogP contribution is -2.39. The molecule has 0 amide bonds. The smallest absolute Gasteiger partial charge is 0.364 e. The molecule has 0 radical (unpaired) electrons. The summed E-state index contributed by atoms with van der Waals surface area (Å²) in [5, 5.41) is 6.96. The third-order valence-electron chi connectivity index (χ3n) is 7.57. The van der Waals surface area contributed by atoms with Crippen molar-refractivity contribution < 1.29 is 13.2 Å². The predicted molar refractivity (Wildman–Crippen MR) is 158 cm³/mol. The summed E-state index contributed by atoms with van der Waals surface area (Å²) < 4.78 is 41.0. The molecular weight excluding hydrogens is 539 g/mol. The second-order valence-electron chi connectivity index (χ2n) is 10.7. The van der Waals surface area contributed by atoms with E-state index < -0.39 is 11.7 Å². The molecule has 1 fully saturated rings. The van der Waals surface area contributed by atoms with Gasteiger partial charge in [-0.25, -0.2) is 4.98 Å². The Bertz CT molecular complexity index is 1600. The standard InChI is InChI=1S/C32H32F3N7/c33-32(34,35)26-13-11-25(12-14-26)21-42-22-37-28-29(36-19-23-7-3-1-4-8-23)39-31(40-30(28)42)38-27-15-17-41(18-16-27)20-24-9-5-2-6-10-24/h1-14,22,27H,15-21H2,(H2,36,38,39,40). The van der Waals surface area contributed by atoms with Crippen molar-refractivity contribution in [3.63, 3.8) is 0 Å². The Morgan fingerprint density at radius 3 is 2.07 bits per heavy atom. The van der Waals surface area contributed by atoms with Crippen molar-refractivity contribution >= 4 is 22.9 Å². The minimum absolute atomic E-state index is 0.225. The number of halogens is 3. The summed E-state index contributed by atoms with van der Waals surface area (Å²) in [4.78, 5) is 16.7. The Balaban J connectivity index is 1.21. The Hall–Kier alpha value is -4.44. The quantitative estimate of drug-likeness (QED) is 0.208. The molecule has 2 N–H and O–H groups in total. The van der Waals surface area contributed by atoms with Crippen molar-refractivity contribution in [1.29, 1.82) is 0 Å². The maximum atomic E-state index is 13.1. The van der Waals surface area contributed by atoms with Gasteiger partial charge < -0.3 is 15.2 Å². The average molecular weight is 572 g/mol. The molecule has 3 aromatic carbocycles. The van der Waals surface area contributed by atoms with Crippen molar-refractivity contribution in [2.24, 2.45) is 0 Å². The van der Waals surface area contributed by atoms with Gasteiger partial charge in [0.1, 0.15) is 0 Å². The van der Waals surface area contributed by atoms with Crippen LogP contribution in [0.1, 0.15) is 35.1 Å². The number of alkyl halides is 3. The van der Waals surface area contributed by atoms with E-state index in [0.29, 0.717) is 36.0 Å². The zero-order valence-electron chi connectivity index (χ0n) is 23.1. The number of fused-ring (bicyclic) bond motifs is 1. The number of hydrogen-bond acceptors (Lipinski definition) is 6. The largest absolute Gasteiger partial charge is 0.416 e. The second kappa shape index (κ2) is 12.2. The van der Waals surface area contributed by atoms with Gasteiger partial charge in [0.25, 0.3) is 0 Å². The minimum atomic E-state index is -4.37. The van der Waals surface area contributed by atoms with Gasteiger partial charge in [-0.1, -0.05) is 72.8 Å². The number of rotatable bonds is 9. The maximum absolute atomic E-state index is 13.1. The van der Waals surface area contributed by atoms with Crippen LogP contribution in [0.25, 0.3) is 11.2 Å². The molecule has 1 aliphatic heterocycles. The number of benzene rings is 3. The molecule has 0 bridgehead atoms. The molecule has 6 rings (SSSR count). The van der Waals surface area contributed by atoms with Crippen molar-refractivity contribution in [2.45, 2.75) is 44.7 Å². The fourth-order valence-electron chi connectivity index (χ4n) is 5.28. The Morgan fingerprint density at radius 1 is 0.762 bits per heavy atom. The molecule has 2 aromatic heterocycles. The zero-order valence-corrected chi connectivity index (χ0v) is 23.1. The molecular formula is C32H32F3N7. The van der Waals surface area contributed by atoms with E-state index in [0.717, 1.165) is 55.7 Å². The van der Waals surface area contributed by atoms with Crippen LogP contribution in [0.4, 0.5) is 24.9 Å². The summed E-state index contributed by atoms with van der Waals surface area (Å²) in [6.45, 7) is 3.78.